The summed E-state index contributed by atoms with van der Waals surface area (Å²) in [5.74, 6) is 6.76. The van der Waals surface area contributed by atoms with Crippen LogP contribution in [0, 0.1) is 6.92 Å². The fourth-order valence-electron chi connectivity index (χ4n) is 2.81. The summed E-state index contributed by atoms with van der Waals surface area (Å²) in [5.41, 5.74) is 4.51. The number of hydrogen-bond donors (Lipinski definition) is 2. The number of nitrogens with one attached hydrogen (secondary N) is 1. The van der Waals surface area contributed by atoms with Crippen molar-refractivity contribution < 1.29 is 4.74 Å². The molecule has 0 saturated carbocycles. The molecule has 0 spiro atoms. The molecule has 110 valence electrons. The van der Waals surface area contributed by atoms with Gasteiger partial charge in [0.05, 0.1) is 17.6 Å². The third-order valence-electron chi connectivity index (χ3n) is 3.74. The van der Waals surface area contributed by atoms with E-state index in [9.17, 15) is 0 Å². The number of aryl methyl sites for hydroxylation is 1. The smallest absolute Gasteiger partial charge is 0.241 e. The highest BCUT2D eigenvalue weighted by Crippen LogP contribution is 2.40. The molecule has 0 saturated heterocycles. The molecule has 0 aromatic carbocycles. The Balaban J connectivity index is 2.11. The van der Waals surface area contributed by atoms with Crippen LogP contribution < -0.4 is 11.3 Å². The molecule has 7 nitrogen and oxygen atoms in total. The summed E-state index contributed by atoms with van der Waals surface area (Å²) in [6, 6.07) is 0. The lowest BCUT2D eigenvalue weighted by atomic mass is 9.94. The van der Waals surface area contributed by atoms with E-state index in [1.165, 1.54) is 10.4 Å². The molecule has 0 amide bonds. The predicted octanol–water partition coefficient (Wildman–Crippen LogP) is 1.78. The van der Waals surface area contributed by atoms with Crippen LogP contribution >= 0.6 is 11.3 Å². The molecule has 3 aromatic rings. The molecule has 0 radical (unpaired) electrons. The van der Waals surface area contributed by atoms with E-state index in [0.29, 0.717) is 18.4 Å². The molecule has 0 bridgehead atoms. The summed E-state index contributed by atoms with van der Waals surface area (Å²) in [6.07, 6.45) is 0.848. The van der Waals surface area contributed by atoms with E-state index >= 15 is 0 Å². The van der Waals surface area contributed by atoms with Gasteiger partial charge in [-0.25, -0.2) is 15.8 Å². The Morgan fingerprint density at radius 1 is 1.38 bits per heavy atom. The third-order valence-corrected chi connectivity index (χ3v) is 4.84. The standard InChI is InChI=1S/C13H16N6OS/c1-6-15-10-9-7-4-13(2,3)20-5-8(7)21-11(9)16-12(17-14)19(10)18-6/h4-5,14H2,1-3H3,(H,16,17). The van der Waals surface area contributed by atoms with Crippen molar-refractivity contribution in [3.63, 3.8) is 0 Å². The topological polar surface area (TPSA) is 90.4 Å². The molecule has 0 fully saturated rings. The monoisotopic (exact) mass is 304 g/mol. The first-order valence-electron chi connectivity index (χ1n) is 6.77. The summed E-state index contributed by atoms with van der Waals surface area (Å²) in [7, 11) is 0. The Labute approximate surface area is 125 Å². The van der Waals surface area contributed by atoms with E-state index in [4.69, 9.17) is 10.6 Å². The predicted molar refractivity (Wildman–Crippen MR) is 81.3 cm³/mol. The van der Waals surface area contributed by atoms with Crippen LogP contribution in [0.15, 0.2) is 0 Å². The molecule has 4 rings (SSSR count). The molecule has 1 aliphatic heterocycles. The first-order chi connectivity index (χ1) is 9.98. The van der Waals surface area contributed by atoms with Gasteiger partial charge in [-0.15, -0.1) is 16.4 Å². The molecule has 3 aromatic heterocycles. The van der Waals surface area contributed by atoms with Gasteiger partial charge in [-0.3, -0.25) is 5.43 Å². The Morgan fingerprint density at radius 2 is 2.19 bits per heavy atom. The zero-order chi connectivity index (χ0) is 14.8. The number of anilines is 1. The minimum Gasteiger partial charge on any atom is -0.370 e. The van der Waals surface area contributed by atoms with Crippen molar-refractivity contribution >= 4 is 33.1 Å². The summed E-state index contributed by atoms with van der Waals surface area (Å²) < 4.78 is 7.57. The number of nitrogens with two attached hydrogens (primary N) is 1. The minimum absolute atomic E-state index is 0.169. The molecular formula is C13H16N6OS. The lowest BCUT2D eigenvalue weighted by Gasteiger charge is -2.30. The SMILES string of the molecule is Cc1nc2c3c4c(sc3nc(NN)n2n1)COC(C)(C)C4. The zero-order valence-electron chi connectivity index (χ0n) is 12.1. The van der Waals surface area contributed by atoms with E-state index in [2.05, 4.69) is 34.3 Å². The third kappa shape index (κ3) is 1.83. The summed E-state index contributed by atoms with van der Waals surface area (Å²) in [4.78, 5) is 11.3. The first-order valence-corrected chi connectivity index (χ1v) is 7.58. The highest BCUT2D eigenvalue weighted by atomic mass is 32.1. The van der Waals surface area contributed by atoms with Gasteiger partial charge in [-0.1, -0.05) is 0 Å². The number of nitrogen functional groups attached to an aromatic ring is 1. The lowest BCUT2D eigenvalue weighted by molar-refractivity contribution is -0.0379. The normalized spacial score (nSPS) is 17.3. The lowest BCUT2D eigenvalue weighted by Crippen LogP contribution is -2.31. The van der Waals surface area contributed by atoms with E-state index in [0.717, 1.165) is 22.3 Å². The van der Waals surface area contributed by atoms with Gasteiger partial charge < -0.3 is 4.74 Å². The molecule has 21 heavy (non-hydrogen) atoms. The Kier molecular flexibility index (Phi) is 2.54. The maximum absolute atomic E-state index is 5.89. The van der Waals surface area contributed by atoms with Gasteiger partial charge in [0.2, 0.25) is 5.95 Å². The van der Waals surface area contributed by atoms with Crippen molar-refractivity contribution in [2.75, 3.05) is 5.43 Å². The van der Waals surface area contributed by atoms with Gasteiger partial charge in [0.15, 0.2) is 5.65 Å². The molecule has 0 atom stereocenters. The van der Waals surface area contributed by atoms with Crippen LogP contribution in [-0.2, 0) is 17.8 Å². The van der Waals surface area contributed by atoms with E-state index in [1.807, 2.05) is 6.92 Å². The van der Waals surface area contributed by atoms with Crippen molar-refractivity contribution in [1.29, 1.82) is 0 Å². The number of thiophene rings is 1. The second-order valence-electron chi connectivity index (χ2n) is 5.88. The average Bonchev–Trinajstić information content (AvgIpc) is 2.95. The number of hydrazine groups is 1. The van der Waals surface area contributed by atoms with Gasteiger partial charge in [0, 0.05) is 11.3 Å². The quantitative estimate of drug-likeness (QED) is 0.526. The molecule has 0 aliphatic carbocycles. The second-order valence-corrected chi connectivity index (χ2v) is 6.97. The number of ether oxygens (including phenoxy) is 1. The number of nitrogens with zero attached hydrogens (tertiary/aromatic N) is 4. The average molecular weight is 304 g/mol. The van der Waals surface area contributed by atoms with Gasteiger partial charge in [0.25, 0.3) is 0 Å². The minimum atomic E-state index is -0.169. The maximum atomic E-state index is 5.89. The fourth-order valence-corrected chi connectivity index (χ4v) is 3.91. The van der Waals surface area contributed by atoms with Crippen LogP contribution in [0.2, 0.25) is 0 Å². The Bertz CT molecular complexity index is 865. The first kappa shape index (κ1) is 12.9. The van der Waals surface area contributed by atoms with Crippen molar-refractivity contribution in [1.82, 2.24) is 19.6 Å². The fraction of sp³-hybridized carbons (Fsp3) is 0.462. The number of rotatable bonds is 1. The molecule has 1 aliphatic rings. The van der Waals surface area contributed by atoms with Crippen LogP contribution in [0.3, 0.4) is 0 Å². The summed E-state index contributed by atoms with van der Waals surface area (Å²) in [5, 5.41) is 5.45. The summed E-state index contributed by atoms with van der Waals surface area (Å²) >= 11 is 1.64. The van der Waals surface area contributed by atoms with Crippen molar-refractivity contribution in [3.8, 4) is 0 Å². The van der Waals surface area contributed by atoms with Crippen molar-refractivity contribution in [2.24, 2.45) is 5.84 Å². The van der Waals surface area contributed by atoms with E-state index < -0.39 is 0 Å². The van der Waals surface area contributed by atoms with Crippen molar-refractivity contribution in [2.45, 2.75) is 39.4 Å². The molecule has 3 N–H and O–H groups in total. The summed E-state index contributed by atoms with van der Waals surface area (Å²) in [6.45, 7) is 6.70. The highest BCUT2D eigenvalue weighted by molar-refractivity contribution is 7.19. The Morgan fingerprint density at radius 3 is 2.95 bits per heavy atom. The maximum Gasteiger partial charge on any atom is 0.241 e. The molecule has 8 heteroatoms. The molecule has 0 unspecified atom stereocenters. The largest absolute Gasteiger partial charge is 0.370 e. The number of hydrogen-bond acceptors (Lipinski definition) is 7. The zero-order valence-corrected chi connectivity index (χ0v) is 12.9. The van der Waals surface area contributed by atoms with E-state index in [-0.39, 0.29) is 5.60 Å². The van der Waals surface area contributed by atoms with Gasteiger partial charge in [-0.2, -0.15) is 4.52 Å². The van der Waals surface area contributed by atoms with Crippen LogP contribution in [0.25, 0.3) is 15.9 Å². The van der Waals surface area contributed by atoms with Gasteiger partial charge >= 0.3 is 0 Å². The number of aromatic nitrogens is 4. The van der Waals surface area contributed by atoms with Gasteiger partial charge in [-0.05, 0) is 26.3 Å². The number of fused-ring (bicyclic) bond motifs is 5. The van der Waals surface area contributed by atoms with Gasteiger partial charge in [0.1, 0.15) is 10.7 Å². The second kappa shape index (κ2) is 4.12. The van der Waals surface area contributed by atoms with Crippen LogP contribution in [0.1, 0.15) is 30.1 Å². The van der Waals surface area contributed by atoms with Crippen LogP contribution in [0.5, 0.6) is 0 Å². The van der Waals surface area contributed by atoms with E-state index in [1.54, 1.807) is 15.9 Å². The van der Waals surface area contributed by atoms with Crippen LogP contribution in [0.4, 0.5) is 5.95 Å². The van der Waals surface area contributed by atoms with Crippen molar-refractivity contribution in [3.05, 3.63) is 16.3 Å². The molecule has 4 heterocycles. The molecular weight excluding hydrogens is 288 g/mol. The highest BCUT2D eigenvalue weighted by Gasteiger charge is 2.31. The van der Waals surface area contributed by atoms with Crippen LogP contribution in [-0.4, -0.2) is 25.2 Å². The Hall–Kier alpha value is -1.77.